The van der Waals surface area contributed by atoms with Crippen LogP contribution in [0.3, 0.4) is 0 Å². The molecule has 2 aliphatic heterocycles. The van der Waals surface area contributed by atoms with Crippen molar-refractivity contribution in [2.24, 2.45) is 23.7 Å². The Morgan fingerprint density at radius 2 is 0.889 bits per heavy atom. The molecule has 4 aliphatic rings. The van der Waals surface area contributed by atoms with Crippen molar-refractivity contribution in [2.75, 3.05) is 26.4 Å². The summed E-state index contributed by atoms with van der Waals surface area (Å²) in [5, 5.41) is 0. The molecule has 0 bridgehead atoms. The van der Waals surface area contributed by atoms with E-state index in [0.29, 0.717) is 11.8 Å². The number of hydrogen-bond acceptors (Lipinski definition) is 4. The van der Waals surface area contributed by atoms with E-state index in [1.54, 1.807) is 0 Å². The highest BCUT2D eigenvalue weighted by Crippen LogP contribution is 2.38. The summed E-state index contributed by atoms with van der Waals surface area (Å²) in [6.07, 6.45) is 17.7. The zero-order valence-corrected chi connectivity index (χ0v) is 28.9. The molecule has 2 saturated carbocycles. The van der Waals surface area contributed by atoms with Gasteiger partial charge in [-0.1, -0.05) is 102 Å². The minimum Gasteiger partial charge on any atom is -0.407 e. The summed E-state index contributed by atoms with van der Waals surface area (Å²) in [5.41, 5.74) is 5.34. The maximum absolute atomic E-state index is 5.87. The molecule has 0 N–H and O–H groups in total. The van der Waals surface area contributed by atoms with Crippen LogP contribution in [0.2, 0.25) is 0 Å². The highest BCUT2D eigenvalue weighted by molar-refractivity contribution is 6.61. The molecule has 6 rings (SSSR count). The molecule has 0 radical (unpaired) electrons. The molecule has 2 heterocycles. The van der Waals surface area contributed by atoms with E-state index in [9.17, 15) is 0 Å². The van der Waals surface area contributed by atoms with Gasteiger partial charge in [0.15, 0.2) is 0 Å². The molecular formula is C39H60B2O4. The first kappa shape index (κ1) is 34.7. The van der Waals surface area contributed by atoms with Gasteiger partial charge in [-0.3, -0.25) is 0 Å². The Kier molecular flexibility index (Phi) is 14.0. The molecule has 2 aliphatic carbocycles. The highest BCUT2D eigenvalue weighted by atomic mass is 16.6. The number of rotatable bonds is 9. The fourth-order valence-corrected chi connectivity index (χ4v) is 8.00. The number of hydrogen-bond donors (Lipinski definition) is 0. The SMILES string of the molecule is CCCC1CCC(c2ccc(B3OCC(C)CO3)cc2)CC1.CCCC1CCC(c2ccc(B3OCC(CC)CO3)cc2)CC1. The first-order chi connectivity index (χ1) is 22.1. The predicted octanol–water partition coefficient (Wildman–Crippen LogP) is 8.67. The van der Waals surface area contributed by atoms with Crippen LogP contribution in [0.4, 0.5) is 0 Å². The summed E-state index contributed by atoms with van der Waals surface area (Å²) in [6.45, 7) is 12.2. The van der Waals surface area contributed by atoms with Crippen molar-refractivity contribution < 1.29 is 18.6 Å². The van der Waals surface area contributed by atoms with Crippen molar-refractivity contribution in [3.63, 3.8) is 0 Å². The molecule has 0 atom stereocenters. The normalized spacial score (nSPS) is 26.8. The van der Waals surface area contributed by atoms with Gasteiger partial charge in [-0.05, 0) is 109 Å². The first-order valence-electron chi connectivity index (χ1n) is 18.7. The Morgan fingerprint density at radius 3 is 1.24 bits per heavy atom. The number of benzene rings is 2. The van der Waals surface area contributed by atoms with Crippen LogP contribution in [-0.2, 0) is 18.6 Å². The lowest BCUT2D eigenvalue weighted by molar-refractivity contribution is 0.0850. The van der Waals surface area contributed by atoms with E-state index < -0.39 is 0 Å². The van der Waals surface area contributed by atoms with E-state index in [-0.39, 0.29) is 14.2 Å². The largest absolute Gasteiger partial charge is 0.493 e. The van der Waals surface area contributed by atoms with Crippen LogP contribution in [0, 0.1) is 23.7 Å². The molecule has 2 saturated heterocycles. The lowest BCUT2D eigenvalue weighted by Crippen LogP contribution is -2.44. The van der Waals surface area contributed by atoms with E-state index in [2.05, 4.69) is 76.2 Å². The van der Waals surface area contributed by atoms with Crippen molar-refractivity contribution in [1.29, 1.82) is 0 Å². The van der Waals surface area contributed by atoms with E-state index in [4.69, 9.17) is 18.6 Å². The molecule has 4 nitrogen and oxygen atoms in total. The second kappa shape index (κ2) is 18.1. The summed E-state index contributed by atoms with van der Waals surface area (Å²) in [6, 6.07) is 18.0. The molecular weight excluding hydrogens is 554 g/mol. The smallest absolute Gasteiger partial charge is 0.407 e. The maximum atomic E-state index is 5.87. The average Bonchev–Trinajstić information content (AvgIpc) is 3.10. The Bertz CT molecular complexity index is 1080. The second-order valence-corrected chi connectivity index (χ2v) is 14.7. The van der Waals surface area contributed by atoms with E-state index >= 15 is 0 Å². The van der Waals surface area contributed by atoms with Gasteiger partial charge in [0.25, 0.3) is 0 Å². The minimum absolute atomic E-state index is 0.160. The van der Waals surface area contributed by atoms with Crippen molar-refractivity contribution in [3.8, 4) is 0 Å². The molecule has 0 unspecified atom stereocenters. The summed E-state index contributed by atoms with van der Waals surface area (Å²) in [7, 11) is -0.322. The van der Waals surface area contributed by atoms with Gasteiger partial charge in [0.2, 0.25) is 0 Å². The highest BCUT2D eigenvalue weighted by Gasteiger charge is 2.30. The molecule has 0 aromatic heterocycles. The summed E-state index contributed by atoms with van der Waals surface area (Å²) in [4.78, 5) is 0. The summed E-state index contributed by atoms with van der Waals surface area (Å²) >= 11 is 0. The van der Waals surface area contributed by atoms with Crippen molar-refractivity contribution in [2.45, 2.75) is 123 Å². The van der Waals surface area contributed by atoms with Crippen LogP contribution < -0.4 is 10.9 Å². The first-order valence-corrected chi connectivity index (χ1v) is 18.7. The van der Waals surface area contributed by atoms with Crippen molar-refractivity contribution in [3.05, 3.63) is 59.7 Å². The van der Waals surface area contributed by atoms with Gasteiger partial charge in [0.05, 0.1) is 0 Å². The van der Waals surface area contributed by atoms with Gasteiger partial charge in [0.1, 0.15) is 0 Å². The Labute approximate surface area is 276 Å². The maximum Gasteiger partial charge on any atom is 0.493 e. The molecule has 2 aromatic carbocycles. The zero-order valence-electron chi connectivity index (χ0n) is 28.9. The van der Waals surface area contributed by atoms with Crippen LogP contribution in [0.5, 0.6) is 0 Å². The van der Waals surface area contributed by atoms with E-state index in [1.165, 1.54) is 93.6 Å². The topological polar surface area (TPSA) is 36.9 Å². The van der Waals surface area contributed by atoms with Gasteiger partial charge < -0.3 is 18.6 Å². The zero-order chi connectivity index (χ0) is 31.4. The van der Waals surface area contributed by atoms with Gasteiger partial charge in [-0.2, -0.15) is 0 Å². The van der Waals surface area contributed by atoms with Gasteiger partial charge in [0, 0.05) is 32.3 Å². The van der Waals surface area contributed by atoms with Gasteiger partial charge >= 0.3 is 14.2 Å². The van der Waals surface area contributed by atoms with Crippen LogP contribution in [0.1, 0.15) is 134 Å². The Hall–Kier alpha value is -1.59. The summed E-state index contributed by atoms with van der Waals surface area (Å²) in [5.74, 6) is 4.54. The third-order valence-corrected chi connectivity index (χ3v) is 11.1. The average molecular weight is 615 g/mol. The standard InChI is InChI=1S/C20H31BO2.C19H29BO2/c1-3-5-17-6-8-18(9-7-17)19-10-12-20(13-11-19)21-22-14-16(4-2)15-23-21;1-3-4-16-5-7-17(8-6-16)18-9-11-19(12-10-18)20-21-13-15(2)14-22-20/h10-13,16-18H,3-9,14-15H2,1-2H3;9-12,15-17H,3-8,13-14H2,1-2H3. The Balaban J connectivity index is 0.000000178. The monoisotopic (exact) mass is 614 g/mol. The summed E-state index contributed by atoms with van der Waals surface area (Å²) < 4.78 is 23.3. The van der Waals surface area contributed by atoms with Crippen molar-refractivity contribution >= 4 is 25.2 Å². The molecule has 2 aromatic rings. The fraction of sp³-hybridized carbons (Fsp3) is 0.692. The molecule has 0 spiro atoms. The van der Waals surface area contributed by atoms with Crippen LogP contribution in [-0.4, -0.2) is 40.7 Å². The van der Waals surface area contributed by atoms with E-state index in [1.807, 2.05) is 0 Å². The van der Waals surface area contributed by atoms with Crippen LogP contribution in [0.25, 0.3) is 0 Å². The van der Waals surface area contributed by atoms with Crippen LogP contribution in [0.15, 0.2) is 48.5 Å². The molecule has 246 valence electrons. The second-order valence-electron chi connectivity index (χ2n) is 14.7. The fourth-order valence-electron chi connectivity index (χ4n) is 8.00. The molecule has 6 heteroatoms. The quantitative estimate of drug-likeness (QED) is 0.265. The molecule has 4 fully saturated rings. The Morgan fingerprint density at radius 1 is 0.511 bits per heavy atom. The van der Waals surface area contributed by atoms with Crippen molar-refractivity contribution in [1.82, 2.24) is 0 Å². The molecule has 0 amide bonds. The predicted molar refractivity (Wildman–Crippen MR) is 190 cm³/mol. The third-order valence-electron chi connectivity index (χ3n) is 11.1. The van der Waals surface area contributed by atoms with E-state index in [0.717, 1.165) is 62.0 Å². The lowest BCUT2D eigenvalue weighted by Gasteiger charge is -2.29. The third kappa shape index (κ3) is 10.2. The molecule has 45 heavy (non-hydrogen) atoms. The van der Waals surface area contributed by atoms with Crippen LogP contribution >= 0.6 is 0 Å². The minimum atomic E-state index is -0.162. The van der Waals surface area contributed by atoms with Gasteiger partial charge in [-0.25, -0.2) is 0 Å². The van der Waals surface area contributed by atoms with Gasteiger partial charge in [-0.15, -0.1) is 0 Å². The lowest BCUT2D eigenvalue weighted by atomic mass is 9.74.